The van der Waals surface area contributed by atoms with Gasteiger partial charge in [0.25, 0.3) is 0 Å². The highest BCUT2D eigenvalue weighted by atomic mass is 35.5. The first-order valence-electron chi connectivity index (χ1n) is 7.71. The molecule has 6 heteroatoms. The van der Waals surface area contributed by atoms with Crippen molar-refractivity contribution in [3.05, 3.63) is 17.4 Å². The van der Waals surface area contributed by atoms with Gasteiger partial charge in [-0.1, -0.05) is 11.6 Å². The normalized spacial score (nSPS) is 26.7. The predicted octanol–water partition coefficient (Wildman–Crippen LogP) is 1.87. The fourth-order valence-corrected chi connectivity index (χ4v) is 3.92. The molecule has 1 unspecified atom stereocenters. The Bertz CT molecular complexity index is 518. The zero-order valence-corrected chi connectivity index (χ0v) is 13.3. The third-order valence-corrected chi connectivity index (χ3v) is 4.99. The molecule has 2 saturated heterocycles. The molecule has 0 saturated carbocycles. The van der Waals surface area contributed by atoms with Crippen LogP contribution in [0, 0.1) is 5.41 Å². The second kappa shape index (κ2) is 5.97. The molecule has 1 aromatic rings. The molecule has 2 aliphatic rings. The molecule has 1 spiro atoms. The zero-order valence-electron chi connectivity index (χ0n) is 12.6. The van der Waals surface area contributed by atoms with Crippen molar-refractivity contribution in [2.24, 2.45) is 5.41 Å². The van der Waals surface area contributed by atoms with Gasteiger partial charge in [-0.25, -0.2) is 0 Å². The number of hydrogen-bond acceptors (Lipinski definition) is 3. The Morgan fingerprint density at radius 2 is 2.24 bits per heavy atom. The number of amides is 1. The minimum absolute atomic E-state index is 0.242. The lowest BCUT2D eigenvalue weighted by Crippen LogP contribution is -2.43. The van der Waals surface area contributed by atoms with Crippen molar-refractivity contribution < 1.29 is 4.79 Å². The van der Waals surface area contributed by atoms with Crippen molar-refractivity contribution in [3.63, 3.8) is 0 Å². The molecule has 1 atom stereocenters. The maximum Gasteiger partial charge on any atom is 0.224 e. The Morgan fingerprint density at radius 3 is 2.95 bits per heavy atom. The Kier molecular flexibility index (Phi) is 4.22. The predicted molar refractivity (Wildman–Crippen MR) is 82.2 cm³/mol. The highest BCUT2D eigenvalue weighted by Crippen LogP contribution is 2.38. The molecule has 1 amide bonds. The number of hydrogen-bond donors (Lipinski definition) is 0. The molecule has 1 aromatic heterocycles. The summed E-state index contributed by atoms with van der Waals surface area (Å²) in [5.41, 5.74) is 0.345. The lowest BCUT2D eigenvalue weighted by Gasteiger charge is -2.38. The van der Waals surface area contributed by atoms with Gasteiger partial charge in [0.15, 0.2) is 0 Å². The van der Waals surface area contributed by atoms with Crippen molar-refractivity contribution in [3.8, 4) is 0 Å². The van der Waals surface area contributed by atoms with Crippen molar-refractivity contribution in [1.29, 1.82) is 0 Å². The van der Waals surface area contributed by atoms with E-state index in [9.17, 15) is 4.79 Å². The van der Waals surface area contributed by atoms with Gasteiger partial charge in [0.2, 0.25) is 5.91 Å². The van der Waals surface area contributed by atoms with Gasteiger partial charge in [0.05, 0.1) is 11.2 Å². The van der Waals surface area contributed by atoms with Crippen LogP contribution >= 0.6 is 11.6 Å². The average molecular weight is 311 g/mol. The smallest absolute Gasteiger partial charge is 0.224 e. The summed E-state index contributed by atoms with van der Waals surface area (Å²) >= 11 is 5.83. The van der Waals surface area contributed by atoms with Crippen LogP contribution in [-0.4, -0.2) is 58.7 Å². The van der Waals surface area contributed by atoms with Gasteiger partial charge in [-0.3, -0.25) is 9.48 Å². The van der Waals surface area contributed by atoms with E-state index in [1.54, 1.807) is 17.1 Å². The van der Waals surface area contributed by atoms with Crippen LogP contribution in [0.15, 0.2) is 12.4 Å². The van der Waals surface area contributed by atoms with Crippen LogP contribution in [0.1, 0.15) is 25.7 Å². The van der Waals surface area contributed by atoms with E-state index in [2.05, 4.69) is 17.0 Å². The molecule has 0 aromatic carbocycles. The van der Waals surface area contributed by atoms with Crippen molar-refractivity contribution >= 4 is 17.5 Å². The molecule has 3 heterocycles. The Labute approximate surface area is 130 Å². The molecular weight excluding hydrogens is 288 g/mol. The third kappa shape index (κ3) is 3.40. The number of halogens is 1. The number of carbonyl (C=O) groups excluding carboxylic acids is 1. The molecule has 3 rings (SSSR count). The van der Waals surface area contributed by atoms with Crippen molar-refractivity contribution in [1.82, 2.24) is 19.6 Å². The van der Waals surface area contributed by atoms with Gasteiger partial charge in [-0.05, 0) is 32.9 Å². The fourth-order valence-electron chi connectivity index (χ4n) is 3.76. The molecule has 2 fully saturated rings. The first-order valence-corrected chi connectivity index (χ1v) is 8.08. The lowest BCUT2D eigenvalue weighted by molar-refractivity contribution is -0.131. The highest BCUT2D eigenvalue weighted by Gasteiger charge is 2.41. The molecule has 0 aliphatic carbocycles. The van der Waals surface area contributed by atoms with Gasteiger partial charge >= 0.3 is 0 Å². The van der Waals surface area contributed by atoms with E-state index in [1.165, 1.54) is 19.4 Å². The van der Waals surface area contributed by atoms with Gasteiger partial charge < -0.3 is 9.80 Å². The topological polar surface area (TPSA) is 41.4 Å². The van der Waals surface area contributed by atoms with Gasteiger partial charge in [0, 0.05) is 44.2 Å². The van der Waals surface area contributed by atoms with Gasteiger partial charge in [0.1, 0.15) is 0 Å². The molecule has 21 heavy (non-hydrogen) atoms. The van der Waals surface area contributed by atoms with E-state index >= 15 is 0 Å². The summed E-state index contributed by atoms with van der Waals surface area (Å²) in [6.07, 6.45) is 7.53. The van der Waals surface area contributed by atoms with Crippen molar-refractivity contribution in [2.75, 3.05) is 33.2 Å². The summed E-state index contributed by atoms with van der Waals surface area (Å²) in [4.78, 5) is 16.8. The molecule has 0 radical (unpaired) electrons. The van der Waals surface area contributed by atoms with Crippen molar-refractivity contribution in [2.45, 2.75) is 32.2 Å². The molecule has 0 bridgehead atoms. The summed E-state index contributed by atoms with van der Waals surface area (Å²) in [7, 11) is 2.19. The van der Waals surface area contributed by atoms with E-state index in [0.29, 0.717) is 23.4 Å². The van der Waals surface area contributed by atoms with E-state index in [-0.39, 0.29) is 5.91 Å². The van der Waals surface area contributed by atoms with Crippen LogP contribution in [-0.2, 0) is 11.3 Å². The molecule has 0 N–H and O–H groups in total. The average Bonchev–Trinajstić information content (AvgIpc) is 3.03. The molecule has 2 aliphatic heterocycles. The second-order valence-corrected chi connectivity index (χ2v) is 7.01. The van der Waals surface area contributed by atoms with Gasteiger partial charge in [-0.2, -0.15) is 5.10 Å². The Hall–Kier alpha value is -1.07. The minimum Gasteiger partial charge on any atom is -0.342 e. The first kappa shape index (κ1) is 14.9. The number of piperidine rings is 1. The van der Waals surface area contributed by atoms with Crippen LogP contribution in [0.5, 0.6) is 0 Å². The lowest BCUT2D eigenvalue weighted by atomic mass is 9.79. The largest absolute Gasteiger partial charge is 0.342 e. The van der Waals surface area contributed by atoms with Crippen LogP contribution in [0.4, 0.5) is 0 Å². The fraction of sp³-hybridized carbons (Fsp3) is 0.733. The quantitative estimate of drug-likeness (QED) is 0.856. The second-order valence-electron chi connectivity index (χ2n) is 6.58. The Morgan fingerprint density at radius 1 is 1.38 bits per heavy atom. The number of rotatable bonds is 3. The maximum absolute atomic E-state index is 12.4. The number of carbonyl (C=O) groups is 1. The zero-order chi connectivity index (χ0) is 14.9. The SMILES string of the molecule is CN1CCCC2(CCN(C(=O)CCn3cc(Cl)cn3)C2)C1. The third-order valence-electron chi connectivity index (χ3n) is 4.80. The highest BCUT2D eigenvalue weighted by molar-refractivity contribution is 6.30. The first-order chi connectivity index (χ1) is 10.1. The number of aromatic nitrogens is 2. The summed E-state index contributed by atoms with van der Waals surface area (Å²) in [5, 5.41) is 4.73. The van der Waals surface area contributed by atoms with Gasteiger partial charge in [-0.15, -0.1) is 0 Å². The van der Waals surface area contributed by atoms with E-state index in [1.807, 2.05) is 4.90 Å². The van der Waals surface area contributed by atoms with Crippen LogP contribution in [0.3, 0.4) is 0 Å². The monoisotopic (exact) mass is 310 g/mol. The maximum atomic E-state index is 12.4. The van der Waals surface area contributed by atoms with Crippen LogP contribution in [0.25, 0.3) is 0 Å². The number of likely N-dealkylation sites (tertiary alicyclic amines) is 2. The standard InChI is InChI=1S/C15H23ClN4O/c1-18-6-2-4-15(11-18)5-8-19(12-15)14(21)3-7-20-10-13(16)9-17-20/h9-10H,2-8,11-12H2,1H3. The number of aryl methyl sites for hydroxylation is 1. The van der Waals surface area contributed by atoms with E-state index < -0.39 is 0 Å². The van der Waals surface area contributed by atoms with Crippen LogP contribution in [0.2, 0.25) is 5.02 Å². The molecule has 5 nitrogen and oxygen atoms in total. The summed E-state index contributed by atoms with van der Waals surface area (Å²) in [5.74, 6) is 0.242. The number of nitrogens with zero attached hydrogens (tertiary/aromatic N) is 4. The van der Waals surface area contributed by atoms with Crippen LogP contribution < -0.4 is 0 Å². The minimum atomic E-state index is 0.242. The Balaban J connectivity index is 1.52. The summed E-state index contributed by atoms with van der Waals surface area (Å²) < 4.78 is 1.74. The molecule has 116 valence electrons. The molecular formula is C15H23ClN4O. The summed E-state index contributed by atoms with van der Waals surface area (Å²) in [6.45, 7) is 4.76. The van der Waals surface area contributed by atoms with E-state index in [0.717, 1.165) is 26.1 Å². The summed E-state index contributed by atoms with van der Waals surface area (Å²) in [6, 6.07) is 0. The van der Waals surface area contributed by atoms with E-state index in [4.69, 9.17) is 11.6 Å².